The number of hydrogen-bond donors (Lipinski definition) is 0. The second-order valence-electron chi connectivity index (χ2n) is 3.22. The molecule has 2 nitrogen and oxygen atoms in total. The Labute approximate surface area is 62.3 Å². The number of hydrogen-bond acceptors (Lipinski definition) is 2. The van der Waals surface area contributed by atoms with Crippen LogP contribution in [0.5, 0.6) is 0 Å². The molecular weight excluding hydrogens is 124 g/mol. The highest BCUT2D eigenvalue weighted by Crippen LogP contribution is 2.11. The second kappa shape index (κ2) is 2.45. The summed E-state index contributed by atoms with van der Waals surface area (Å²) in [5.74, 6) is 0. The van der Waals surface area contributed by atoms with E-state index in [-0.39, 0.29) is 5.54 Å². The Balaban J connectivity index is 2.74. The van der Waals surface area contributed by atoms with Crippen LogP contribution in [0.2, 0.25) is 0 Å². The third-order valence-electron chi connectivity index (χ3n) is 1.53. The lowest BCUT2D eigenvalue weighted by atomic mass is 10.1. The van der Waals surface area contributed by atoms with Gasteiger partial charge in [-0.3, -0.25) is 4.99 Å². The Morgan fingerprint density at radius 3 is 2.90 bits per heavy atom. The van der Waals surface area contributed by atoms with E-state index in [0.717, 1.165) is 6.54 Å². The van der Waals surface area contributed by atoms with Crippen LogP contribution in [0.15, 0.2) is 17.3 Å². The van der Waals surface area contributed by atoms with Gasteiger partial charge < -0.3 is 4.90 Å². The Morgan fingerprint density at radius 1 is 1.50 bits per heavy atom. The lowest BCUT2D eigenvalue weighted by molar-refractivity contribution is 0.527. The summed E-state index contributed by atoms with van der Waals surface area (Å²) in [6.07, 6.45) is 6.14. The summed E-state index contributed by atoms with van der Waals surface area (Å²) in [6.45, 7) is 5.11. The average molecular weight is 138 g/mol. The maximum atomic E-state index is 4.35. The second-order valence-corrected chi connectivity index (χ2v) is 3.22. The smallest absolute Gasteiger partial charge is 0.0745 e. The van der Waals surface area contributed by atoms with Gasteiger partial charge >= 0.3 is 0 Å². The molecule has 0 radical (unpaired) electrons. The van der Waals surface area contributed by atoms with E-state index in [1.54, 1.807) is 0 Å². The summed E-state index contributed by atoms with van der Waals surface area (Å²) in [5.41, 5.74) is -0.00917. The Bertz CT molecular complexity index is 168. The SMILES string of the molecule is CN1C=CC(C)(C)N=CC1. The fraction of sp³-hybridized carbons (Fsp3) is 0.625. The lowest BCUT2D eigenvalue weighted by Gasteiger charge is -2.11. The van der Waals surface area contributed by atoms with Gasteiger partial charge in [-0.1, -0.05) is 0 Å². The minimum Gasteiger partial charge on any atom is -0.375 e. The Morgan fingerprint density at radius 2 is 2.20 bits per heavy atom. The van der Waals surface area contributed by atoms with Crippen LogP contribution in [0.25, 0.3) is 0 Å². The topological polar surface area (TPSA) is 15.6 Å². The van der Waals surface area contributed by atoms with Crippen molar-refractivity contribution in [2.24, 2.45) is 4.99 Å². The monoisotopic (exact) mass is 138 g/mol. The quantitative estimate of drug-likeness (QED) is 0.492. The molecule has 56 valence electrons. The van der Waals surface area contributed by atoms with Crippen LogP contribution in [-0.2, 0) is 0 Å². The van der Waals surface area contributed by atoms with Gasteiger partial charge in [0.15, 0.2) is 0 Å². The van der Waals surface area contributed by atoms with Crippen molar-refractivity contribution < 1.29 is 0 Å². The van der Waals surface area contributed by atoms with Gasteiger partial charge in [-0.05, 0) is 26.1 Å². The molecule has 0 atom stereocenters. The van der Waals surface area contributed by atoms with Crippen molar-refractivity contribution in [3.63, 3.8) is 0 Å². The zero-order chi connectivity index (χ0) is 7.61. The summed E-state index contributed by atoms with van der Waals surface area (Å²) < 4.78 is 0. The molecule has 0 spiro atoms. The van der Waals surface area contributed by atoms with E-state index in [1.807, 2.05) is 13.3 Å². The van der Waals surface area contributed by atoms with E-state index in [1.165, 1.54) is 0 Å². The van der Waals surface area contributed by atoms with Gasteiger partial charge in [-0.2, -0.15) is 0 Å². The third kappa shape index (κ3) is 1.87. The largest absolute Gasteiger partial charge is 0.375 e. The van der Waals surface area contributed by atoms with Crippen LogP contribution in [0.3, 0.4) is 0 Å². The fourth-order valence-electron chi connectivity index (χ4n) is 0.818. The molecule has 1 rings (SSSR count). The number of nitrogens with zero attached hydrogens (tertiary/aromatic N) is 2. The van der Waals surface area contributed by atoms with E-state index >= 15 is 0 Å². The summed E-state index contributed by atoms with van der Waals surface area (Å²) in [6, 6.07) is 0. The van der Waals surface area contributed by atoms with Crippen LogP contribution in [0.1, 0.15) is 13.8 Å². The lowest BCUT2D eigenvalue weighted by Crippen LogP contribution is -2.11. The first kappa shape index (κ1) is 7.32. The molecular formula is C8H14N2. The maximum absolute atomic E-state index is 4.35. The molecule has 0 saturated carbocycles. The zero-order valence-corrected chi connectivity index (χ0v) is 6.83. The van der Waals surface area contributed by atoms with Gasteiger partial charge in [0.25, 0.3) is 0 Å². The molecule has 10 heavy (non-hydrogen) atoms. The maximum Gasteiger partial charge on any atom is 0.0745 e. The van der Waals surface area contributed by atoms with E-state index in [4.69, 9.17) is 0 Å². The number of rotatable bonds is 0. The highest BCUT2D eigenvalue weighted by atomic mass is 15.1. The first-order valence-corrected chi connectivity index (χ1v) is 3.53. The Kier molecular flexibility index (Phi) is 1.79. The van der Waals surface area contributed by atoms with E-state index < -0.39 is 0 Å². The van der Waals surface area contributed by atoms with E-state index in [2.05, 4.69) is 36.0 Å². The minimum atomic E-state index is -0.00917. The highest BCUT2D eigenvalue weighted by Gasteiger charge is 2.11. The molecule has 0 amide bonds. The van der Waals surface area contributed by atoms with Gasteiger partial charge in [0.2, 0.25) is 0 Å². The van der Waals surface area contributed by atoms with Gasteiger partial charge in [-0.25, -0.2) is 0 Å². The first-order valence-electron chi connectivity index (χ1n) is 3.53. The number of aliphatic imine (C=N–C) groups is 1. The van der Waals surface area contributed by atoms with Crippen molar-refractivity contribution in [3.8, 4) is 0 Å². The molecule has 1 aliphatic rings. The summed E-state index contributed by atoms with van der Waals surface area (Å²) in [7, 11) is 2.05. The van der Waals surface area contributed by atoms with E-state index in [9.17, 15) is 0 Å². The molecule has 1 heterocycles. The summed E-state index contributed by atoms with van der Waals surface area (Å²) >= 11 is 0. The van der Waals surface area contributed by atoms with Crippen molar-refractivity contribution in [2.75, 3.05) is 13.6 Å². The Hall–Kier alpha value is -0.790. The van der Waals surface area contributed by atoms with Crippen LogP contribution in [-0.4, -0.2) is 30.2 Å². The molecule has 1 aliphatic heterocycles. The molecule has 2 heteroatoms. The van der Waals surface area contributed by atoms with Crippen molar-refractivity contribution >= 4 is 6.21 Å². The molecule has 0 aromatic heterocycles. The molecule has 0 aliphatic carbocycles. The van der Waals surface area contributed by atoms with Crippen molar-refractivity contribution in [3.05, 3.63) is 12.3 Å². The molecule has 0 fully saturated rings. The van der Waals surface area contributed by atoms with Gasteiger partial charge in [0.1, 0.15) is 0 Å². The van der Waals surface area contributed by atoms with Crippen molar-refractivity contribution in [1.82, 2.24) is 4.90 Å². The van der Waals surface area contributed by atoms with Crippen molar-refractivity contribution in [2.45, 2.75) is 19.4 Å². The summed E-state index contributed by atoms with van der Waals surface area (Å²) in [4.78, 5) is 6.46. The zero-order valence-electron chi connectivity index (χ0n) is 6.83. The molecule has 0 saturated heterocycles. The third-order valence-corrected chi connectivity index (χ3v) is 1.53. The average Bonchev–Trinajstić information content (AvgIpc) is 1.94. The van der Waals surface area contributed by atoms with Gasteiger partial charge in [-0.15, -0.1) is 0 Å². The predicted molar refractivity (Wildman–Crippen MR) is 44.3 cm³/mol. The molecule has 0 aromatic rings. The molecule has 0 N–H and O–H groups in total. The van der Waals surface area contributed by atoms with Gasteiger partial charge in [0, 0.05) is 13.3 Å². The van der Waals surface area contributed by atoms with Crippen LogP contribution >= 0.6 is 0 Å². The van der Waals surface area contributed by atoms with Crippen LogP contribution in [0.4, 0.5) is 0 Å². The first-order chi connectivity index (χ1) is 4.60. The summed E-state index contributed by atoms with van der Waals surface area (Å²) in [5, 5.41) is 0. The van der Waals surface area contributed by atoms with Gasteiger partial charge in [0.05, 0.1) is 12.1 Å². The molecule has 0 bridgehead atoms. The highest BCUT2D eigenvalue weighted by molar-refractivity contribution is 5.61. The standard InChI is InChI=1S/C8H14N2/c1-8(2)4-6-10(3)7-5-9-8/h4-6H,7H2,1-3H3. The van der Waals surface area contributed by atoms with Crippen molar-refractivity contribution in [1.29, 1.82) is 0 Å². The van der Waals surface area contributed by atoms with Crippen LogP contribution in [0, 0.1) is 0 Å². The van der Waals surface area contributed by atoms with E-state index in [0.29, 0.717) is 0 Å². The molecule has 0 aromatic carbocycles. The van der Waals surface area contributed by atoms with Crippen LogP contribution < -0.4 is 0 Å². The molecule has 0 unspecified atom stereocenters. The predicted octanol–water partition coefficient (Wildman–Crippen LogP) is 1.29. The normalized spacial score (nSPS) is 22.9. The minimum absolute atomic E-state index is 0.00917. The fourth-order valence-corrected chi connectivity index (χ4v) is 0.818.